The van der Waals surface area contributed by atoms with E-state index in [4.69, 9.17) is 4.74 Å². The lowest BCUT2D eigenvalue weighted by Crippen LogP contribution is -2.40. The number of hydrogen-bond acceptors (Lipinski definition) is 2. The molecule has 0 saturated carbocycles. The minimum atomic E-state index is -0.583. The van der Waals surface area contributed by atoms with Crippen LogP contribution >= 0.6 is 0 Å². The number of halogens is 1. The van der Waals surface area contributed by atoms with E-state index in [1.54, 1.807) is 23.1 Å². The van der Waals surface area contributed by atoms with Crippen molar-refractivity contribution in [1.82, 2.24) is 4.90 Å². The van der Waals surface area contributed by atoms with Crippen LogP contribution in [-0.4, -0.2) is 30.0 Å². The number of para-hydroxylation sites is 1. The third-order valence-corrected chi connectivity index (χ3v) is 3.17. The zero-order valence-electron chi connectivity index (χ0n) is 10.6. The monoisotopic (exact) mass is 251 g/mol. The maximum Gasteiger partial charge on any atom is 0.263 e. The van der Waals surface area contributed by atoms with Crippen LogP contribution < -0.4 is 4.74 Å². The van der Waals surface area contributed by atoms with Gasteiger partial charge in [-0.25, -0.2) is 4.39 Å². The van der Waals surface area contributed by atoms with Gasteiger partial charge in [0.1, 0.15) is 0 Å². The standard InChI is InChI=1S/C14H18FNO2/c1-2-12(14(17)16-9-5-6-10-16)18-13-8-4-3-7-11(13)15/h3-4,7-8,12H,2,5-6,9-10H2,1H3. The molecule has 3 nitrogen and oxygen atoms in total. The van der Waals surface area contributed by atoms with Crippen molar-refractivity contribution in [2.24, 2.45) is 0 Å². The van der Waals surface area contributed by atoms with Gasteiger partial charge in [-0.1, -0.05) is 19.1 Å². The Balaban J connectivity index is 2.05. The van der Waals surface area contributed by atoms with E-state index in [0.29, 0.717) is 6.42 Å². The van der Waals surface area contributed by atoms with E-state index in [9.17, 15) is 9.18 Å². The number of likely N-dealkylation sites (tertiary alicyclic amines) is 1. The highest BCUT2D eigenvalue weighted by Gasteiger charge is 2.27. The summed E-state index contributed by atoms with van der Waals surface area (Å²) in [6, 6.07) is 6.19. The van der Waals surface area contributed by atoms with Crippen molar-refractivity contribution in [3.8, 4) is 5.75 Å². The molecule has 1 aromatic rings. The van der Waals surface area contributed by atoms with Crippen LogP contribution in [0, 0.1) is 5.82 Å². The fourth-order valence-corrected chi connectivity index (χ4v) is 2.14. The molecule has 18 heavy (non-hydrogen) atoms. The van der Waals surface area contributed by atoms with Gasteiger partial charge in [-0.2, -0.15) is 0 Å². The second-order valence-electron chi connectivity index (χ2n) is 4.48. The number of carbonyl (C=O) groups is 1. The Bertz CT molecular complexity index is 416. The number of nitrogens with zero attached hydrogens (tertiary/aromatic N) is 1. The first-order valence-electron chi connectivity index (χ1n) is 6.42. The predicted octanol–water partition coefficient (Wildman–Crippen LogP) is 2.61. The van der Waals surface area contributed by atoms with Crippen molar-refractivity contribution in [3.05, 3.63) is 30.1 Å². The number of benzene rings is 1. The molecule has 0 radical (unpaired) electrons. The number of hydrogen-bond donors (Lipinski definition) is 0. The van der Waals surface area contributed by atoms with E-state index in [2.05, 4.69) is 0 Å². The van der Waals surface area contributed by atoms with Crippen LogP contribution in [0.1, 0.15) is 26.2 Å². The molecule has 98 valence electrons. The molecule has 1 unspecified atom stereocenters. The molecule has 1 atom stereocenters. The Morgan fingerprint density at radius 1 is 1.39 bits per heavy atom. The van der Waals surface area contributed by atoms with Crippen LogP contribution in [0.2, 0.25) is 0 Å². The lowest BCUT2D eigenvalue weighted by molar-refractivity contribution is -0.137. The maximum atomic E-state index is 13.5. The molecule has 1 aliphatic rings. The number of rotatable bonds is 4. The zero-order valence-corrected chi connectivity index (χ0v) is 10.6. The lowest BCUT2D eigenvalue weighted by Gasteiger charge is -2.23. The van der Waals surface area contributed by atoms with Crippen molar-refractivity contribution in [3.63, 3.8) is 0 Å². The average Bonchev–Trinajstić information content (AvgIpc) is 2.91. The van der Waals surface area contributed by atoms with E-state index in [1.165, 1.54) is 6.07 Å². The SMILES string of the molecule is CCC(Oc1ccccc1F)C(=O)N1CCCC1. The predicted molar refractivity (Wildman–Crippen MR) is 66.9 cm³/mol. The molecule has 1 fully saturated rings. The molecule has 1 heterocycles. The fraction of sp³-hybridized carbons (Fsp3) is 0.500. The zero-order chi connectivity index (χ0) is 13.0. The molecular weight excluding hydrogens is 233 g/mol. The molecule has 1 aliphatic heterocycles. The molecule has 0 spiro atoms. The summed E-state index contributed by atoms with van der Waals surface area (Å²) in [5, 5.41) is 0. The van der Waals surface area contributed by atoms with Crippen molar-refractivity contribution in [1.29, 1.82) is 0 Å². The third kappa shape index (κ3) is 2.81. The molecule has 1 amide bonds. The van der Waals surface area contributed by atoms with Crippen LogP contribution in [0.15, 0.2) is 24.3 Å². The first-order chi connectivity index (χ1) is 8.72. The Morgan fingerprint density at radius 2 is 2.06 bits per heavy atom. The van der Waals surface area contributed by atoms with Gasteiger partial charge in [0.05, 0.1) is 0 Å². The highest BCUT2D eigenvalue weighted by atomic mass is 19.1. The molecule has 0 bridgehead atoms. The van der Waals surface area contributed by atoms with Gasteiger partial charge in [-0.15, -0.1) is 0 Å². The Hall–Kier alpha value is -1.58. The molecule has 1 aromatic carbocycles. The van der Waals surface area contributed by atoms with Gasteiger partial charge in [0.2, 0.25) is 0 Å². The summed E-state index contributed by atoms with van der Waals surface area (Å²) >= 11 is 0. The van der Waals surface area contributed by atoms with Gasteiger partial charge in [0, 0.05) is 13.1 Å². The normalized spacial score (nSPS) is 16.7. The highest BCUT2D eigenvalue weighted by molar-refractivity contribution is 5.81. The van der Waals surface area contributed by atoms with Crippen molar-refractivity contribution in [2.45, 2.75) is 32.3 Å². The second kappa shape index (κ2) is 5.85. The quantitative estimate of drug-likeness (QED) is 0.823. The fourth-order valence-electron chi connectivity index (χ4n) is 2.14. The number of ether oxygens (including phenoxy) is 1. The van der Waals surface area contributed by atoms with E-state index in [0.717, 1.165) is 25.9 Å². The van der Waals surface area contributed by atoms with Gasteiger partial charge in [-0.3, -0.25) is 4.79 Å². The number of carbonyl (C=O) groups excluding carboxylic acids is 1. The summed E-state index contributed by atoms with van der Waals surface area (Å²) in [5.41, 5.74) is 0. The van der Waals surface area contributed by atoms with Crippen molar-refractivity contribution < 1.29 is 13.9 Å². The van der Waals surface area contributed by atoms with E-state index in [-0.39, 0.29) is 11.7 Å². The van der Waals surface area contributed by atoms with Crippen LogP contribution in [0.5, 0.6) is 5.75 Å². The summed E-state index contributed by atoms with van der Waals surface area (Å²) in [5.74, 6) is -0.305. The van der Waals surface area contributed by atoms with E-state index >= 15 is 0 Å². The van der Waals surface area contributed by atoms with Gasteiger partial charge in [0.15, 0.2) is 17.7 Å². The summed E-state index contributed by atoms with van der Waals surface area (Å²) in [6.45, 7) is 3.45. The minimum Gasteiger partial charge on any atom is -0.478 e. The van der Waals surface area contributed by atoms with E-state index in [1.807, 2.05) is 6.92 Å². The first kappa shape index (κ1) is 12.9. The summed E-state index contributed by atoms with van der Waals surface area (Å²) < 4.78 is 19.0. The first-order valence-corrected chi connectivity index (χ1v) is 6.42. The Morgan fingerprint density at radius 3 is 2.67 bits per heavy atom. The van der Waals surface area contributed by atoms with Gasteiger partial charge < -0.3 is 9.64 Å². The number of amides is 1. The van der Waals surface area contributed by atoms with Crippen molar-refractivity contribution in [2.75, 3.05) is 13.1 Å². The molecular formula is C14H18FNO2. The molecule has 0 aromatic heterocycles. The van der Waals surface area contributed by atoms with Crippen molar-refractivity contribution >= 4 is 5.91 Å². The average molecular weight is 251 g/mol. The summed E-state index contributed by atoms with van der Waals surface area (Å²) in [4.78, 5) is 14.0. The summed E-state index contributed by atoms with van der Waals surface area (Å²) in [6.07, 6.45) is 2.05. The van der Waals surface area contributed by atoms with Crippen LogP contribution in [0.25, 0.3) is 0 Å². The Labute approximate surface area is 107 Å². The molecule has 1 saturated heterocycles. The van der Waals surface area contributed by atoms with Gasteiger partial charge in [0.25, 0.3) is 5.91 Å². The summed E-state index contributed by atoms with van der Waals surface area (Å²) in [7, 11) is 0. The van der Waals surface area contributed by atoms with Crippen LogP contribution in [0.3, 0.4) is 0 Å². The van der Waals surface area contributed by atoms with E-state index < -0.39 is 11.9 Å². The third-order valence-electron chi connectivity index (χ3n) is 3.17. The topological polar surface area (TPSA) is 29.5 Å². The van der Waals surface area contributed by atoms with Gasteiger partial charge >= 0.3 is 0 Å². The largest absolute Gasteiger partial charge is 0.478 e. The van der Waals surface area contributed by atoms with Gasteiger partial charge in [-0.05, 0) is 31.4 Å². The maximum absolute atomic E-state index is 13.5. The van der Waals surface area contributed by atoms with Crippen LogP contribution in [-0.2, 0) is 4.79 Å². The minimum absolute atomic E-state index is 0.0294. The van der Waals surface area contributed by atoms with Crippen LogP contribution in [0.4, 0.5) is 4.39 Å². The highest BCUT2D eigenvalue weighted by Crippen LogP contribution is 2.20. The molecule has 4 heteroatoms. The Kier molecular flexibility index (Phi) is 4.18. The second-order valence-corrected chi connectivity index (χ2v) is 4.48. The molecule has 0 N–H and O–H groups in total. The molecule has 0 aliphatic carbocycles. The lowest BCUT2D eigenvalue weighted by atomic mass is 10.2. The smallest absolute Gasteiger partial charge is 0.263 e. The molecule has 2 rings (SSSR count).